The van der Waals surface area contributed by atoms with Crippen LogP contribution in [0.5, 0.6) is 0 Å². The molecular weight excluding hydrogens is 148 g/mol. The van der Waals surface area contributed by atoms with Crippen molar-refractivity contribution in [1.29, 1.82) is 0 Å². The lowest BCUT2D eigenvalue weighted by Gasteiger charge is -2.08. The summed E-state index contributed by atoms with van der Waals surface area (Å²) in [6, 6.07) is 0. The van der Waals surface area contributed by atoms with Crippen molar-refractivity contribution >= 4 is 0 Å². The molecule has 1 heteroatoms. The molecule has 0 aromatic carbocycles. The van der Waals surface area contributed by atoms with E-state index in [1.807, 2.05) is 0 Å². The molecule has 1 nitrogen and oxygen atoms in total. The minimum atomic E-state index is -0.166. The maximum Gasteiger partial charge on any atom is 0.0723 e. The van der Waals surface area contributed by atoms with Crippen LogP contribution in [0.4, 0.5) is 0 Å². The number of allylic oxidation sites excluding steroid dienone is 1. The lowest BCUT2D eigenvalue weighted by atomic mass is 9.99. The van der Waals surface area contributed by atoms with Crippen LogP contribution < -0.4 is 0 Å². The second-order valence-electron chi connectivity index (χ2n) is 4.24. The molecule has 0 spiro atoms. The standard InChI is InChI=1S/C11H20O/c1-9(2)7-10-5-3-4-6-11(12)8-10/h8-9,11-12H,3-7H2,1-2H3. The molecule has 1 rings (SSSR count). The van der Waals surface area contributed by atoms with Crippen LogP contribution in [-0.4, -0.2) is 11.2 Å². The Labute approximate surface area is 75.5 Å². The zero-order chi connectivity index (χ0) is 8.97. The average molecular weight is 168 g/mol. The van der Waals surface area contributed by atoms with E-state index in [0.717, 1.165) is 18.8 Å². The Morgan fingerprint density at radius 2 is 2.25 bits per heavy atom. The highest BCUT2D eigenvalue weighted by Gasteiger charge is 2.09. The maximum atomic E-state index is 9.50. The van der Waals surface area contributed by atoms with Gasteiger partial charge in [0, 0.05) is 0 Å². The molecule has 0 fully saturated rings. The minimum absolute atomic E-state index is 0.166. The highest BCUT2D eigenvalue weighted by Crippen LogP contribution is 2.22. The smallest absolute Gasteiger partial charge is 0.0723 e. The summed E-state index contributed by atoms with van der Waals surface area (Å²) in [5.41, 5.74) is 1.47. The van der Waals surface area contributed by atoms with E-state index in [1.165, 1.54) is 24.8 Å². The number of aliphatic hydroxyl groups excluding tert-OH is 1. The van der Waals surface area contributed by atoms with E-state index in [2.05, 4.69) is 19.9 Å². The van der Waals surface area contributed by atoms with Crippen molar-refractivity contribution in [3.8, 4) is 0 Å². The number of hydrogen-bond acceptors (Lipinski definition) is 1. The van der Waals surface area contributed by atoms with Crippen LogP contribution >= 0.6 is 0 Å². The Balaban J connectivity index is 2.48. The summed E-state index contributed by atoms with van der Waals surface area (Å²) in [5, 5.41) is 9.50. The SMILES string of the molecule is CC(C)CC1=CC(O)CCCC1. The van der Waals surface area contributed by atoms with E-state index in [0.29, 0.717) is 0 Å². The van der Waals surface area contributed by atoms with Gasteiger partial charge >= 0.3 is 0 Å². The van der Waals surface area contributed by atoms with Gasteiger partial charge in [-0.2, -0.15) is 0 Å². The van der Waals surface area contributed by atoms with E-state index in [-0.39, 0.29) is 6.10 Å². The first-order valence-electron chi connectivity index (χ1n) is 5.06. The Morgan fingerprint density at radius 1 is 1.50 bits per heavy atom. The molecule has 0 aromatic heterocycles. The highest BCUT2D eigenvalue weighted by molar-refractivity contribution is 5.07. The van der Waals surface area contributed by atoms with Crippen LogP contribution in [0.3, 0.4) is 0 Å². The Bertz CT molecular complexity index is 158. The van der Waals surface area contributed by atoms with Gasteiger partial charge in [-0.15, -0.1) is 0 Å². The molecule has 1 aliphatic carbocycles. The van der Waals surface area contributed by atoms with Crippen molar-refractivity contribution in [3.05, 3.63) is 11.6 Å². The zero-order valence-electron chi connectivity index (χ0n) is 8.21. The van der Waals surface area contributed by atoms with E-state index in [9.17, 15) is 5.11 Å². The van der Waals surface area contributed by atoms with Crippen molar-refractivity contribution in [3.63, 3.8) is 0 Å². The average Bonchev–Trinajstić information content (AvgIpc) is 2.12. The monoisotopic (exact) mass is 168 g/mol. The van der Waals surface area contributed by atoms with Gasteiger partial charge < -0.3 is 5.11 Å². The first-order valence-corrected chi connectivity index (χ1v) is 5.06. The van der Waals surface area contributed by atoms with Gasteiger partial charge in [0.1, 0.15) is 0 Å². The lowest BCUT2D eigenvalue weighted by molar-refractivity contribution is 0.210. The molecule has 1 unspecified atom stereocenters. The first-order chi connectivity index (χ1) is 5.68. The molecule has 0 saturated heterocycles. The first kappa shape index (κ1) is 9.79. The van der Waals surface area contributed by atoms with Crippen molar-refractivity contribution in [1.82, 2.24) is 0 Å². The number of aliphatic hydroxyl groups is 1. The van der Waals surface area contributed by atoms with Crippen LogP contribution in [-0.2, 0) is 0 Å². The van der Waals surface area contributed by atoms with Crippen molar-refractivity contribution in [2.45, 2.75) is 52.1 Å². The molecule has 0 aliphatic heterocycles. The predicted octanol–water partition coefficient (Wildman–Crippen LogP) is 2.89. The van der Waals surface area contributed by atoms with Gasteiger partial charge in [-0.25, -0.2) is 0 Å². The molecule has 0 radical (unpaired) electrons. The van der Waals surface area contributed by atoms with E-state index in [4.69, 9.17) is 0 Å². The van der Waals surface area contributed by atoms with E-state index < -0.39 is 0 Å². The normalized spacial score (nSPS) is 25.3. The van der Waals surface area contributed by atoms with E-state index >= 15 is 0 Å². The molecule has 1 atom stereocenters. The van der Waals surface area contributed by atoms with Gasteiger partial charge in [0.25, 0.3) is 0 Å². The summed E-state index contributed by atoms with van der Waals surface area (Å²) in [7, 11) is 0. The fraction of sp³-hybridized carbons (Fsp3) is 0.818. The van der Waals surface area contributed by atoms with Gasteiger partial charge in [0.05, 0.1) is 6.10 Å². The fourth-order valence-electron chi connectivity index (χ4n) is 1.84. The van der Waals surface area contributed by atoms with Crippen LogP contribution in [0.25, 0.3) is 0 Å². The predicted molar refractivity (Wildman–Crippen MR) is 52.0 cm³/mol. The third-order valence-corrected chi connectivity index (χ3v) is 2.35. The third-order valence-electron chi connectivity index (χ3n) is 2.35. The highest BCUT2D eigenvalue weighted by atomic mass is 16.3. The molecular formula is C11H20O. The van der Waals surface area contributed by atoms with Crippen LogP contribution in [0.2, 0.25) is 0 Å². The molecule has 0 saturated carbocycles. The summed E-state index contributed by atoms with van der Waals surface area (Å²) >= 11 is 0. The minimum Gasteiger partial charge on any atom is -0.389 e. The third kappa shape index (κ3) is 3.40. The van der Waals surface area contributed by atoms with Crippen LogP contribution in [0, 0.1) is 5.92 Å². The van der Waals surface area contributed by atoms with Gasteiger partial charge in [-0.3, -0.25) is 0 Å². The Hall–Kier alpha value is -0.300. The summed E-state index contributed by atoms with van der Waals surface area (Å²) in [6.45, 7) is 4.47. The fourth-order valence-corrected chi connectivity index (χ4v) is 1.84. The van der Waals surface area contributed by atoms with Gasteiger partial charge in [0.15, 0.2) is 0 Å². The molecule has 70 valence electrons. The van der Waals surface area contributed by atoms with E-state index in [1.54, 1.807) is 0 Å². The quantitative estimate of drug-likeness (QED) is 0.629. The topological polar surface area (TPSA) is 20.2 Å². The van der Waals surface area contributed by atoms with Crippen molar-refractivity contribution < 1.29 is 5.11 Å². The molecule has 12 heavy (non-hydrogen) atoms. The Morgan fingerprint density at radius 3 is 2.92 bits per heavy atom. The van der Waals surface area contributed by atoms with Crippen molar-refractivity contribution in [2.75, 3.05) is 0 Å². The zero-order valence-corrected chi connectivity index (χ0v) is 8.21. The van der Waals surface area contributed by atoms with Crippen LogP contribution in [0.1, 0.15) is 46.0 Å². The van der Waals surface area contributed by atoms with Gasteiger partial charge in [-0.1, -0.05) is 31.9 Å². The van der Waals surface area contributed by atoms with Gasteiger partial charge in [-0.05, 0) is 31.6 Å². The molecule has 1 aliphatic rings. The molecule has 1 N–H and O–H groups in total. The van der Waals surface area contributed by atoms with Gasteiger partial charge in [0.2, 0.25) is 0 Å². The second kappa shape index (κ2) is 4.66. The summed E-state index contributed by atoms with van der Waals surface area (Å²) in [6.07, 6.45) is 7.68. The summed E-state index contributed by atoms with van der Waals surface area (Å²) in [4.78, 5) is 0. The molecule has 0 bridgehead atoms. The van der Waals surface area contributed by atoms with Crippen LogP contribution in [0.15, 0.2) is 11.6 Å². The largest absolute Gasteiger partial charge is 0.389 e. The summed E-state index contributed by atoms with van der Waals surface area (Å²) in [5.74, 6) is 0.724. The molecule has 0 aromatic rings. The maximum absolute atomic E-state index is 9.50. The molecule has 0 heterocycles. The number of rotatable bonds is 2. The summed E-state index contributed by atoms with van der Waals surface area (Å²) < 4.78 is 0. The molecule has 0 amide bonds. The second-order valence-corrected chi connectivity index (χ2v) is 4.24. The lowest BCUT2D eigenvalue weighted by Crippen LogP contribution is -2.01. The Kier molecular flexibility index (Phi) is 3.80. The number of hydrogen-bond donors (Lipinski definition) is 1. The van der Waals surface area contributed by atoms with Crippen molar-refractivity contribution in [2.24, 2.45) is 5.92 Å².